The van der Waals surface area contributed by atoms with Crippen LogP contribution in [0.3, 0.4) is 0 Å². The number of alkyl halides is 1. The third kappa shape index (κ3) is 3.56. The summed E-state index contributed by atoms with van der Waals surface area (Å²) in [7, 11) is 0. The zero-order valence-electron chi connectivity index (χ0n) is 12.0. The van der Waals surface area contributed by atoms with E-state index in [1.807, 2.05) is 19.1 Å². The fourth-order valence-electron chi connectivity index (χ4n) is 3.08. The van der Waals surface area contributed by atoms with Crippen molar-refractivity contribution in [2.75, 3.05) is 5.33 Å². The summed E-state index contributed by atoms with van der Waals surface area (Å²) in [6.07, 6.45) is 4.49. The summed E-state index contributed by atoms with van der Waals surface area (Å²) in [5.41, 5.74) is 1.51. The standard InChI is InChI=1S/C16H21BrClNO/c1-11-4-3-7-16(9-11,10-17)19-15(20)14-8-13(18)6-5-12(14)2/h5-6,8,11H,3-4,7,9-10H2,1-2H3,(H,19,20). The van der Waals surface area contributed by atoms with Gasteiger partial charge in [-0.15, -0.1) is 0 Å². The van der Waals surface area contributed by atoms with Crippen LogP contribution >= 0.6 is 27.5 Å². The lowest BCUT2D eigenvalue weighted by molar-refractivity contribution is 0.0869. The maximum atomic E-state index is 12.6. The number of amides is 1. The summed E-state index contributed by atoms with van der Waals surface area (Å²) >= 11 is 9.59. The third-order valence-corrected chi connectivity index (χ3v) is 5.48. The Kier molecular flexibility index (Phi) is 5.14. The zero-order valence-corrected chi connectivity index (χ0v) is 14.4. The molecule has 1 aromatic rings. The number of carbonyl (C=O) groups is 1. The first-order chi connectivity index (χ1) is 9.46. The second-order valence-electron chi connectivity index (χ2n) is 6.03. The van der Waals surface area contributed by atoms with Crippen LogP contribution in [-0.2, 0) is 0 Å². The SMILES string of the molecule is Cc1ccc(Cl)cc1C(=O)NC1(CBr)CCCC(C)C1. The number of aryl methyl sites for hydroxylation is 1. The van der Waals surface area contributed by atoms with E-state index >= 15 is 0 Å². The van der Waals surface area contributed by atoms with Gasteiger partial charge < -0.3 is 5.32 Å². The Hall–Kier alpha value is -0.540. The maximum absolute atomic E-state index is 12.6. The normalized spacial score (nSPS) is 26.3. The molecule has 1 saturated carbocycles. The van der Waals surface area contributed by atoms with Crippen LogP contribution in [-0.4, -0.2) is 16.8 Å². The van der Waals surface area contributed by atoms with Crippen molar-refractivity contribution >= 4 is 33.4 Å². The van der Waals surface area contributed by atoms with E-state index in [0.717, 1.165) is 23.7 Å². The van der Waals surface area contributed by atoms with Crippen molar-refractivity contribution in [3.8, 4) is 0 Å². The van der Waals surface area contributed by atoms with Crippen LogP contribution in [0.5, 0.6) is 0 Å². The maximum Gasteiger partial charge on any atom is 0.252 e. The van der Waals surface area contributed by atoms with Gasteiger partial charge in [-0.05, 0) is 43.4 Å². The Labute approximate surface area is 134 Å². The average Bonchev–Trinajstić information content (AvgIpc) is 2.41. The fraction of sp³-hybridized carbons (Fsp3) is 0.562. The topological polar surface area (TPSA) is 29.1 Å². The molecule has 2 rings (SSSR count). The minimum Gasteiger partial charge on any atom is -0.346 e. The van der Waals surface area contributed by atoms with Crippen molar-refractivity contribution in [3.05, 3.63) is 34.3 Å². The van der Waals surface area contributed by atoms with Gasteiger partial charge in [0.1, 0.15) is 0 Å². The van der Waals surface area contributed by atoms with Crippen molar-refractivity contribution < 1.29 is 4.79 Å². The minimum absolute atomic E-state index is 0.0152. The molecule has 1 N–H and O–H groups in total. The summed E-state index contributed by atoms with van der Waals surface area (Å²) in [6, 6.07) is 5.46. The van der Waals surface area contributed by atoms with E-state index in [1.165, 1.54) is 12.8 Å². The van der Waals surface area contributed by atoms with Gasteiger partial charge in [-0.3, -0.25) is 4.79 Å². The highest BCUT2D eigenvalue weighted by Crippen LogP contribution is 2.34. The number of rotatable bonds is 3. The number of halogens is 2. The molecule has 0 aromatic heterocycles. The van der Waals surface area contributed by atoms with Crippen molar-refractivity contribution in [3.63, 3.8) is 0 Å². The minimum atomic E-state index is -0.122. The van der Waals surface area contributed by atoms with E-state index in [9.17, 15) is 4.79 Å². The summed E-state index contributed by atoms with van der Waals surface area (Å²) < 4.78 is 0. The van der Waals surface area contributed by atoms with Crippen molar-refractivity contribution in [1.29, 1.82) is 0 Å². The number of hydrogen-bond donors (Lipinski definition) is 1. The highest BCUT2D eigenvalue weighted by atomic mass is 79.9. The molecule has 0 aliphatic heterocycles. The molecule has 2 unspecified atom stereocenters. The molecule has 2 atom stereocenters. The molecule has 0 heterocycles. The molecule has 1 aliphatic carbocycles. The van der Waals surface area contributed by atoms with Gasteiger partial charge in [0, 0.05) is 15.9 Å². The van der Waals surface area contributed by atoms with Crippen LogP contribution in [0.2, 0.25) is 5.02 Å². The summed E-state index contributed by atoms with van der Waals surface area (Å²) in [5, 5.41) is 4.66. The first-order valence-corrected chi connectivity index (χ1v) is 8.60. The first-order valence-electron chi connectivity index (χ1n) is 7.10. The second kappa shape index (κ2) is 6.48. The zero-order chi connectivity index (χ0) is 14.8. The lowest BCUT2D eigenvalue weighted by Gasteiger charge is -2.39. The Morgan fingerprint density at radius 2 is 2.30 bits per heavy atom. The van der Waals surface area contributed by atoms with Crippen LogP contribution in [0.1, 0.15) is 48.5 Å². The van der Waals surface area contributed by atoms with Gasteiger partial charge in [0.05, 0.1) is 5.54 Å². The van der Waals surface area contributed by atoms with E-state index in [0.29, 0.717) is 16.5 Å². The second-order valence-corrected chi connectivity index (χ2v) is 7.03. The largest absolute Gasteiger partial charge is 0.346 e. The van der Waals surface area contributed by atoms with Crippen molar-refractivity contribution in [2.24, 2.45) is 5.92 Å². The quantitative estimate of drug-likeness (QED) is 0.778. The molecule has 0 saturated heterocycles. The number of benzene rings is 1. The Morgan fingerprint density at radius 3 is 2.95 bits per heavy atom. The number of hydrogen-bond acceptors (Lipinski definition) is 1. The highest BCUT2D eigenvalue weighted by Gasteiger charge is 2.35. The van der Waals surface area contributed by atoms with Gasteiger partial charge in [0.25, 0.3) is 5.91 Å². The van der Waals surface area contributed by atoms with Crippen LogP contribution in [0.15, 0.2) is 18.2 Å². The van der Waals surface area contributed by atoms with Crippen molar-refractivity contribution in [2.45, 2.75) is 45.1 Å². The van der Waals surface area contributed by atoms with Gasteiger partial charge in [-0.2, -0.15) is 0 Å². The van der Waals surface area contributed by atoms with E-state index in [2.05, 4.69) is 28.2 Å². The fourth-order valence-corrected chi connectivity index (χ4v) is 3.90. The molecule has 1 amide bonds. The molecule has 4 heteroatoms. The van der Waals surface area contributed by atoms with Crippen LogP contribution in [0, 0.1) is 12.8 Å². The molecule has 0 spiro atoms. The van der Waals surface area contributed by atoms with Gasteiger partial charge in [0.2, 0.25) is 0 Å². The lowest BCUT2D eigenvalue weighted by atomic mass is 9.77. The van der Waals surface area contributed by atoms with Crippen molar-refractivity contribution in [1.82, 2.24) is 5.32 Å². The number of carbonyl (C=O) groups excluding carboxylic acids is 1. The van der Waals surface area contributed by atoms with Gasteiger partial charge in [-0.1, -0.05) is 53.4 Å². The molecule has 1 aliphatic rings. The summed E-state index contributed by atoms with van der Waals surface area (Å²) in [4.78, 5) is 12.6. The molecule has 1 aromatic carbocycles. The van der Waals surface area contributed by atoms with Crippen LogP contribution in [0.25, 0.3) is 0 Å². The molecule has 20 heavy (non-hydrogen) atoms. The molecule has 0 radical (unpaired) electrons. The van der Waals surface area contributed by atoms with E-state index in [1.54, 1.807) is 6.07 Å². The first kappa shape index (κ1) is 15.8. The Bertz CT molecular complexity index is 505. The Balaban J connectivity index is 2.19. The van der Waals surface area contributed by atoms with Gasteiger partial charge in [0.15, 0.2) is 0 Å². The van der Waals surface area contributed by atoms with E-state index in [-0.39, 0.29) is 11.4 Å². The van der Waals surface area contributed by atoms with Crippen LogP contribution < -0.4 is 5.32 Å². The lowest BCUT2D eigenvalue weighted by Crippen LogP contribution is -2.52. The smallest absolute Gasteiger partial charge is 0.252 e. The predicted molar refractivity (Wildman–Crippen MR) is 87.8 cm³/mol. The Morgan fingerprint density at radius 1 is 1.55 bits per heavy atom. The predicted octanol–water partition coefficient (Wildman–Crippen LogP) is 4.72. The summed E-state index contributed by atoms with van der Waals surface area (Å²) in [6.45, 7) is 4.20. The van der Waals surface area contributed by atoms with Gasteiger partial charge in [-0.25, -0.2) is 0 Å². The highest BCUT2D eigenvalue weighted by molar-refractivity contribution is 9.09. The molecule has 2 nitrogen and oxygen atoms in total. The molecule has 110 valence electrons. The summed E-state index contributed by atoms with van der Waals surface area (Å²) in [5.74, 6) is 0.639. The third-order valence-electron chi connectivity index (χ3n) is 4.17. The number of nitrogens with one attached hydrogen (secondary N) is 1. The van der Waals surface area contributed by atoms with E-state index in [4.69, 9.17) is 11.6 Å². The van der Waals surface area contributed by atoms with E-state index < -0.39 is 0 Å². The molecular formula is C16H21BrClNO. The molecule has 1 fully saturated rings. The molecular weight excluding hydrogens is 338 g/mol. The van der Waals surface area contributed by atoms with Crippen LogP contribution in [0.4, 0.5) is 0 Å². The molecule has 0 bridgehead atoms. The van der Waals surface area contributed by atoms with Gasteiger partial charge >= 0.3 is 0 Å². The monoisotopic (exact) mass is 357 g/mol. The average molecular weight is 359 g/mol.